The Balaban J connectivity index is 1.99. The average Bonchev–Trinajstić information content (AvgIpc) is 2.87. The number of hydrogen-bond donors (Lipinski definition) is 2. The van der Waals surface area contributed by atoms with E-state index in [0.717, 1.165) is 0 Å². The van der Waals surface area contributed by atoms with Crippen molar-refractivity contribution in [2.45, 2.75) is 44.2 Å². The van der Waals surface area contributed by atoms with Gasteiger partial charge in [0.2, 0.25) is 0 Å². The van der Waals surface area contributed by atoms with Gasteiger partial charge in [0.1, 0.15) is 24.1 Å². The molecule has 9 heteroatoms. The molecule has 0 saturated carbocycles. The summed E-state index contributed by atoms with van der Waals surface area (Å²) in [4.78, 5) is 15.6. The standard InChI is InChI=1S/C12H16ClN3O5/c1-12(2)20-7-6(4-17)19-10(8(7)21-12)16-3-5(13)9(14)15-11(16)18/h3,6-8,10,17H,4H2,1-2H3,(H2,14,15,18)/t6-,7?,8?,10-/m1/s1. The molecule has 2 saturated heterocycles. The van der Waals surface area contributed by atoms with Gasteiger partial charge in [-0.15, -0.1) is 0 Å². The van der Waals surface area contributed by atoms with Crippen molar-refractivity contribution >= 4 is 17.4 Å². The van der Waals surface area contributed by atoms with Crippen LogP contribution in [0, 0.1) is 0 Å². The first kappa shape index (κ1) is 14.7. The molecule has 0 radical (unpaired) electrons. The molecule has 4 atom stereocenters. The lowest BCUT2D eigenvalue weighted by molar-refractivity contribution is -0.200. The zero-order chi connectivity index (χ0) is 15.4. The number of nitrogens with zero attached hydrogens (tertiary/aromatic N) is 2. The monoisotopic (exact) mass is 317 g/mol. The van der Waals surface area contributed by atoms with E-state index in [4.69, 9.17) is 31.5 Å². The predicted molar refractivity (Wildman–Crippen MR) is 72.7 cm³/mol. The quantitative estimate of drug-likeness (QED) is 0.783. The van der Waals surface area contributed by atoms with Crippen molar-refractivity contribution in [3.63, 3.8) is 0 Å². The number of anilines is 1. The molecule has 3 N–H and O–H groups in total. The summed E-state index contributed by atoms with van der Waals surface area (Å²) >= 11 is 5.91. The van der Waals surface area contributed by atoms with E-state index >= 15 is 0 Å². The second kappa shape index (κ2) is 4.92. The fraction of sp³-hybridized carbons (Fsp3) is 0.667. The van der Waals surface area contributed by atoms with Crippen LogP contribution in [0.3, 0.4) is 0 Å². The maximum absolute atomic E-state index is 12.0. The Hall–Kier alpha value is -1.19. The largest absolute Gasteiger partial charge is 0.394 e. The maximum Gasteiger partial charge on any atom is 0.351 e. The molecule has 8 nitrogen and oxygen atoms in total. The molecular weight excluding hydrogens is 302 g/mol. The van der Waals surface area contributed by atoms with Gasteiger partial charge in [0, 0.05) is 6.20 Å². The highest BCUT2D eigenvalue weighted by atomic mass is 35.5. The minimum atomic E-state index is -0.820. The summed E-state index contributed by atoms with van der Waals surface area (Å²) in [6, 6.07) is 0. The Morgan fingerprint density at radius 1 is 1.48 bits per heavy atom. The van der Waals surface area contributed by atoms with E-state index in [2.05, 4.69) is 4.98 Å². The number of nitrogen functional groups attached to an aromatic ring is 1. The van der Waals surface area contributed by atoms with Crippen molar-refractivity contribution in [3.8, 4) is 0 Å². The summed E-state index contributed by atoms with van der Waals surface area (Å²) in [6.07, 6.45) is -1.05. The number of aliphatic hydroxyl groups is 1. The van der Waals surface area contributed by atoms with Crippen LogP contribution in [0.15, 0.2) is 11.0 Å². The molecule has 0 amide bonds. The molecule has 2 aliphatic heterocycles. The lowest BCUT2D eigenvalue weighted by Crippen LogP contribution is -2.35. The molecule has 3 heterocycles. The van der Waals surface area contributed by atoms with Gasteiger partial charge < -0.3 is 25.1 Å². The summed E-state index contributed by atoms with van der Waals surface area (Å²) < 4.78 is 18.4. The lowest BCUT2D eigenvalue weighted by atomic mass is 10.1. The minimum Gasteiger partial charge on any atom is -0.394 e. The van der Waals surface area contributed by atoms with E-state index in [1.165, 1.54) is 10.8 Å². The second-order valence-corrected chi connectivity index (χ2v) is 5.88. The van der Waals surface area contributed by atoms with Gasteiger partial charge in [-0.25, -0.2) is 4.79 Å². The molecule has 1 aromatic rings. The molecule has 2 unspecified atom stereocenters. The molecule has 2 fully saturated rings. The Morgan fingerprint density at radius 3 is 2.81 bits per heavy atom. The third kappa shape index (κ3) is 2.43. The Labute approximate surface area is 125 Å². The van der Waals surface area contributed by atoms with Crippen molar-refractivity contribution in [1.29, 1.82) is 0 Å². The Kier molecular flexibility index (Phi) is 3.45. The molecule has 2 aliphatic rings. The zero-order valence-electron chi connectivity index (χ0n) is 11.5. The van der Waals surface area contributed by atoms with Gasteiger partial charge in [-0.05, 0) is 13.8 Å². The lowest BCUT2D eigenvalue weighted by Gasteiger charge is -2.24. The highest BCUT2D eigenvalue weighted by Gasteiger charge is 2.55. The van der Waals surface area contributed by atoms with Crippen molar-refractivity contribution in [1.82, 2.24) is 9.55 Å². The highest BCUT2D eigenvalue weighted by molar-refractivity contribution is 6.32. The van der Waals surface area contributed by atoms with Gasteiger partial charge in [0.25, 0.3) is 0 Å². The smallest absolute Gasteiger partial charge is 0.351 e. The third-order valence-electron chi connectivity index (χ3n) is 3.51. The van der Waals surface area contributed by atoms with E-state index in [1.54, 1.807) is 13.8 Å². The molecule has 116 valence electrons. The number of hydrogen-bond acceptors (Lipinski definition) is 7. The fourth-order valence-electron chi connectivity index (χ4n) is 2.67. The van der Waals surface area contributed by atoms with E-state index in [-0.39, 0.29) is 17.4 Å². The van der Waals surface area contributed by atoms with Crippen molar-refractivity contribution < 1.29 is 19.3 Å². The van der Waals surface area contributed by atoms with Gasteiger partial charge in [-0.2, -0.15) is 4.98 Å². The van der Waals surface area contributed by atoms with Crippen LogP contribution in [0.25, 0.3) is 0 Å². The number of halogens is 1. The molecule has 21 heavy (non-hydrogen) atoms. The molecule has 0 aromatic carbocycles. The maximum atomic E-state index is 12.0. The Morgan fingerprint density at radius 2 is 2.14 bits per heavy atom. The molecule has 1 aromatic heterocycles. The first-order valence-corrected chi connectivity index (χ1v) is 6.86. The number of fused-ring (bicyclic) bond motifs is 1. The number of aliphatic hydroxyl groups excluding tert-OH is 1. The van der Waals surface area contributed by atoms with Gasteiger partial charge in [0.05, 0.1) is 11.6 Å². The first-order chi connectivity index (χ1) is 9.82. The van der Waals surface area contributed by atoms with E-state index in [9.17, 15) is 9.90 Å². The minimum absolute atomic E-state index is 0.0462. The summed E-state index contributed by atoms with van der Waals surface area (Å²) in [6.45, 7) is 3.27. The fourth-order valence-corrected chi connectivity index (χ4v) is 2.82. The van der Waals surface area contributed by atoms with Crippen molar-refractivity contribution in [2.75, 3.05) is 12.3 Å². The third-order valence-corrected chi connectivity index (χ3v) is 3.80. The van der Waals surface area contributed by atoms with E-state index in [0.29, 0.717) is 0 Å². The first-order valence-electron chi connectivity index (χ1n) is 6.48. The van der Waals surface area contributed by atoms with Gasteiger partial charge >= 0.3 is 5.69 Å². The van der Waals surface area contributed by atoms with Crippen molar-refractivity contribution in [3.05, 3.63) is 21.7 Å². The second-order valence-electron chi connectivity index (χ2n) is 5.48. The molecular formula is C12H16ClN3O5. The van der Waals surface area contributed by atoms with Crippen LogP contribution in [-0.2, 0) is 14.2 Å². The number of nitrogens with two attached hydrogens (primary N) is 1. The van der Waals surface area contributed by atoms with Crippen LogP contribution in [0.2, 0.25) is 5.02 Å². The SMILES string of the molecule is CC1(C)OC2C(O1)[C@@H](CO)O[C@H]2n1cc(Cl)c(N)nc1=O. The van der Waals surface area contributed by atoms with Gasteiger partial charge in [0.15, 0.2) is 12.0 Å². The average molecular weight is 318 g/mol. The van der Waals surface area contributed by atoms with Crippen LogP contribution in [0.4, 0.5) is 5.82 Å². The van der Waals surface area contributed by atoms with Crippen LogP contribution in [0.1, 0.15) is 20.1 Å². The van der Waals surface area contributed by atoms with Gasteiger partial charge in [-0.1, -0.05) is 11.6 Å². The summed E-state index contributed by atoms with van der Waals surface area (Å²) in [5.74, 6) is -0.866. The molecule has 0 spiro atoms. The van der Waals surface area contributed by atoms with Crippen LogP contribution < -0.4 is 11.4 Å². The van der Waals surface area contributed by atoms with Crippen molar-refractivity contribution in [2.24, 2.45) is 0 Å². The predicted octanol–water partition coefficient (Wildman–Crippen LogP) is -0.111. The number of rotatable bonds is 2. The summed E-state index contributed by atoms with van der Waals surface area (Å²) in [7, 11) is 0. The number of ether oxygens (including phenoxy) is 3. The summed E-state index contributed by atoms with van der Waals surface area (Å²) in [5.41, 5.74) is 4.89. The Bertz CT molecular complexity index is 619. The zero-order valence-corrected chi connectivity index (χ0v) is 12.3. The topological polar surface area (TPSA) is 109 Å². The summed E-state index contributed by atoms with van der Waals surface area (Å²) in [5, 5.41) is 9.55. The van der Waals surface area contributed by atoms with Gasteiger partial charge in [-0.3, -0.25) is 4.57 Å². The van der Waals surface area contributed by atoms with Crippen LogP contribution >= 0.6 is 11.6 Å². The number of aromatic nitrogens is 2. The normalized spacial score (nSPS) is 34.1. The van der Waals surface area contributed by atoms with Crippen LogP contribution in [0.5, 0.6) is 0 Å². The highest BCUT2D eigenvalue weighted by Crippen LogP contribution is 2.42. The molecule has 3 rings (SSSR count). The van der Waals surface area contributed by atoms with Crippen LogP contribution in [-0.4, -0.2) is 45.4 Å². The van der Waals surface area contributed by atoms with E-state index in [1.807, 2.05) is 0 Å². The van der Waals surface area contributed by atoms with E-state index < -0.39 is 36.0 Å². The molecule has 0 bridgehead atoms. The molecule has 0 aliphatic carbocycles.